The van der Waals surface area contributed by atoms with Crippen LogP contribution in [0.1, 0.15) is 12.6 Å². The molecule has 0 aliphatic rings. The fourth-order valence-corrected chi connectivity index (χ4v) is 2.17. The van der Waals surface area contributed by atoms with E-state index in [9.17, 15) is 0 Å². The maximum absolute atomic E-state index is 5.35. The molecule has 0 spiro atoms. The zero-order valence-corrected chi connectivity index (χ0v) is 12.3. The van der Waals surface area contributed by atoms with Gasteiger partial charge in [-0.05, 0) is 19.1 Å². The summed E-state index contributed by atoms with van der Waals surface area (Å²) >= 11 is 0. The van der Waals surface area contributed by atoms with Gasteiger partial charge in [0.25, 0.3) is 0 Å². The number of nitrogens with zero attached hydrogens (tertiary/aromatic N) is 1. The minimum Gasteiger partial charge on any atom is -0.493 e. The second-order valence-corrected chi connectivity index (χ2v) is 4.35. The van der Waals surface area contributed by atoms with Crippen molar-refractivity contribution in [3.05, 3.63) is 23.9 Å². The van der Waals surface area contributed by atoms with E-state index < -0.39 is 0 Å². The smallest absolute Gasteiger partial charge is 0.162 e. The molecule has 20 heavy (non-hydrogen) atoms. The van der Waals surface area contributed by atoms with Crippen LogP contribution in [-0.4, -0.2) is 32.9 Å². The molecule has 1 N–H and O–H groups in total. The van der Waals surface area contributed by atoms with Gasteiger partial charge in [0.15, 0.2) is 11.5 Å². The number of anilines is 1. The van der Waals surface area contributed by atoms with Crippen molar-refractivity contribution in [2.45, 2.75) is 13.5 Å². The Kier molecular flexibility index (Phi) is 4.63. The number of hydrogen-bond donors (Lipinski definition) is 1. The molecule has 1 aromatic carbocycles. The first-order valence-corrected chi connectivity index (χ1v) is 6.52. The maximum Gasteiger partial charge on any atom is 0.162 e. The van der Waals surface area contributed by atoms with Crippen LogP contribution in [0.25, 0.3) is 10.9 Å². The Morgan fingerprint density at radius 2 is 1.75 bits per heavy atom. The van der Waals surface area contributed by atoms with Crippen LogP contribution in [0.2, 0.25) is 0 Å². The quantitative estimate of drug-likeness (QED) is 0.879. The number of methoxy groups -OCH3 is 3. The molecule has 1 aromatic heterocycles. The van der Waals surface area contributed by atoms with Gasteiger partial charge in [-0.15, -0.1) is 0 Å². The van der Waals surface area contributed by atoms with Crippen LogP contribution < -0.4 is 14.8 Å². The lowest BCUT2D eigenvalue weighted by atomic mass is 10.1. The fourth-order valence-electron chi connectivity index (χ4n) is 2.17. The highest BCUT2D eigenvalue weighted by molar-refractivity contribution is 5.93. The summed E-state index contributed by atoms with van der Waals surface area (Å²) in [5.41, 5.74) is 2.75. The number of fused-ring (bicyclic) bond motifs is 1. The lowest BCUT2D eigenvalue weighted by molar-refractivity contribution is 0.182. The Bertz CT molecular complexity index is 599. The topological polar surface area (TPSA) is 52.6 Å². The average molecular weight is 276 g/mol. The molecule has 2 rings (SSSR count). The number of pyridine rings is 1. The molecule has 0 saturated carbocycles. The molecule has 0 bridgehead atoms. The standard InChI is InChI=1S/C15H20N2O3/c1-5-16-12-6-10(9-18-2)17-13-8-15(20-4)14(19-3)7-11(12)13/h6-8H,5,9H2,1-4H3,(H,16,17). The molecule has 1 heterocycles. The summed E-state index contributed by atoms with van der Waals surface area (Å²) < 4.78 is 15.8. The number of rotatable bonds is 6. The highest BCUT2D eigenvalue weighted by atomic mass is 16.5. The first-order chi connectivity index (χ1) is 9.73. The van der Waals surface area contributed by atoms with Crippen LogP contribution in [0.4, 0.5) is 5.69 Å². The highest BCUT2D eigenvalue weighted by Crippen LogP contribution is 2.35. The summed E-state index contributed by atoms with van der Waals surface area (Å²) in [7, 11) is 4.91. The third kappa shape index (κ3) is 2.77. The number of ether oxygens (including phenoxy) is 3. The predicted octanol–water partition coefficient (Wildman–Crippen LogP) is 2.83. The second-order valence-electron chi connectivity index (χ2n) is 4.35. The van der Waals surface area contributed by atoms with E-state index in [4.69, 9.17) is 14.2 Å². The Hall–Kier alpha value is -2.01. The van der Waals surface area contributed by atoms with Crippen molar-refractivity contribution in [2.75, 3.05) is 33.2 Å². The molecule has 0 aliphatic carbocycles. The van der Waals surface area contributed by atoms with Gasteiger partial charge < -0.3 is 19.5 Å². The highest BCUT2D eigenvalue weighted by Gasteiger charge is 2.11. The molecule has 0 fully saturated rings. The van der Waals surface area contributed by atoms with Crippen molar-refractivity contribution in [1.82, 2.24) is 4.98 Å². The molecule has 5 heteroatoms. The Balaban J connectivity index is 2.65. The molecule has 2 aromatic rings. The SMILES string of the molecule is CCNc1cc(COC)nc2cc(OC)c(OC)cc12. The molecular formula is C15H20N2O3. The van der Waals surface area contributed by atoms with Crippen LogP contribution in [0.3, 0.4) is 0 Å². The number of aromatic nitrogens is 1. The molecule has 0 amide bonds. The molecule has 5 nitrogen and oxygen atoms in total. The van der Waals surface area contributed by atoms with Crippen LogP contribution >= 0.6 is 0 Å². The lowest BCUT2D eigenvalue weighted by Gasteiger charge is -2.14. The minimum absolute atomic E-state index is 0.475. The second kappa shape index (κ2) is 6.43. The van der Waals surface area contributed by atoms with E-state index in [1.54, 1.807) is 21.3 Å². The minimum atomic E-state index is 0.475. The Morgan fingerprint density at radius 1 is 1.05 bits per heavy atom. The van der Waals surface area contributed by atoms with Crippen molar-refractivity contribution in [3.63, 3.8) is 0 Å². The fraction of sp³-hybridized carbons (Fsp3) is 0.400. The van der Waals surface area contributed by atoms with Gasteiger partial charge in [0, 0.05) is 30.8 Å². The molecule has 108 valence electrons. The van der Waals surface area contributed by atoms with Crippen molar-refractivity contribution in [3.8, 4) is 11.5 Å². The van der Waals surface area contributed by atoms with Crippen LogP contribution in [0.5, 0.6) is 11.5 Å². The lowest BCUT2D eigenvalue weighted by Crippen LogP contribution is -2.02. The molecule has 0 aliphatic heterocycles. The molecule has 0 saturated heterocycles. The van der Waals surface area contributed by atoms with Gasteiger partial charge in [0.1, 0.15) is 0 Å². The molecule has 0 unspecified atom stereocenters. The summed E-state index contributed by atoms with van der Waals surface area (Å²) in [6.45, 7) is 3.37. The van der Waals surface area contributed by atoms with Gasteiger partial charge in [-0.2, -0.15) is 0 Å². The first kappa shape index (κ1) is 14.4. The summed E-state index contributed by atoms with van der Waals surface area (Å²) in [4.78, 5) is 4.59. The van der Waals surface area contributed by atoms with Crippen molar-refractivity contribution >= 4 is 16.6 Å². The monoisotopic (exact) mass is 276 g/mol. The summed E-state index contributed by atoms with van der Waals surface area (Å²) in [5.74, 6) is 1.37. The van der Waals surface area contributed by atoms with E-state index in [0.29, 0.717) is 18.1 Å². The third-order valence-corrected chi connectivity index (χ3v) is 3.03. The van der Waals surface area contributed by atoms with Gasteiger partial charge in [-0.25, -0.2) is 0 Å². The van der Waals surface area contributed by atoms with E-state index in [2.05, 4.69) is 17.2 Å². The van der Waals surface area contributed by atoms with Crippen LogP contribution in [0.15, 0.2) is 18.2 Å². The van der Waals surface area contributed by atoms with Crippen LogP contribution in [-0.2, 0) is 11.3 Å². The van der Waals surface area contributed by atoms with E-state index in [-0.39, 0.29) is 0 Å². The molecule has 0 radical (unpaired) electrons. The third-order valence-electron chi connectivity index (χ3n) is 3.03. The normalized spacial score (nSPS) is 10.6. The van der Waals surface area contributed by atoms with Crippen LogP contribution in [0, 0.1) is 0 Å². The van der Waals surface area contributed by atoms with Gasteiger partial charge in [0.05, 0.1) is 32.0 Å². The Labute approximate surface area is 118 Å². The maximum atomic E-state index is 5.35. The molecule has 0 atom stereocenters. The Morgan fingerprint density at radius 3 is 2.35 bits per heavy atom. The van der Waals surface area contributed by atoms with Gasteiger partial charge in [-0.3, -0.25) is 4.98 Å². The van der Waals surface area contributed by atoms with Gasteiger partial charge in [-0.1, -0.05) is 0 Å². The zero-order valence-electron chi connectivity index (χ0n) is 12.3. The van der Waals surface area contributed by atoms with Crippen molar-refractivity contribution in [1.29, 1.82) is 0 Å². The largest absolute Gasteiger partial charge is 0.493 e. The van der Waals surface area contributed by atoms with E-state index in [0.717, 1.165) is 28.8 Å². The van der Waals surface area contributed by atoms with Gasteiger partial charge in [0.2, 0.25) is 0 Å². The number of hydrogen-bond acceptors (Lipinski definition) is 5. The summed E-state index contributed by atoms with van der Waals surface area (Å²) in [6.07, 6.45) is 0. The predicted molar refractivity (Wildman–Crippen MR) is 79.7 cm³/mol. The van der Waals surface area contributed by atoms with Crippen molar-refractivity contribution in [2.24, 2.45) is 0 Å². The average Bonchev–Trinajstić information content (AvgIpc) is 2.46. The number of nitrogens with one attached hydrogen (secondary N) is 1. The van der Waals surface area contributed by atoms with Gasteiger partial charge >= 0.3 is 0 Å². The molecular weight excluding hydrogens is 256 g/mol. The first-order valence-electron chi connectivity index (χ1n) is 6.52. The van der Waals surface area contributed by atoms with E-state index in [1.807, 2.05) is 18.2 Å². The summed E-state index contributed by atoms with van der Waals surface area (Å²) in [5, 5.41) is 4.35. The zero-order chi connectivity index (χ0) is 14.5. The van der Waals surface area contributed by atoms with E-state index >= 15 is 0 Å². The number of benzene rings is 1. The van der Waals surface area contributed by atoms with Crippen molar-refractivity contribution < 1.29 is 14.2 Å². The summed E-state index contributed by atoms with van der Waals surface area (Å²) in [6, 6.07) is 5.82. The van der Waals surface area contributed by atoms with E-state index in [1.165, 1.54) is 0 Å².